The number of likely N-dealkylation sites (N-methyl/N-ethyl adjacent to an activating group) is 1. The first-order valence-corrected chi connectivity index (χ1v) is 11.1. The SMILES string of the molecule is CN1C(=S)[C@@H](NC(=O)c2nc(Cc3ccccc3)n(-c3ncccn3)n2)COc2ccccc21. The second-order valence-corrected chi connectivity index (χ2v) is 8.09. The van der Waals surface area contributed by atoms with Gasteiger partial charge in [0.15, 0.2) is 0 Å². The van der Waals surface area contributed by atoms with Crippen LogP contribution in [0.3, 0.4) is 0 Å². The van der Waals surface area contributed by atoms with E-state index in [4.69, 9.17) is 17.0 Å². The Balaban J connectivity index is 1.41. The van der Waals surface area contributed by atoms with Gasteiger partial charge in [-0.1, -0.05) is 54.7 Å². The van der Waals surface area contributed by atoms with E-state index in [-0.39, 0.29) is 12.4 Å². The minimum Gasteiger partial charge on any atom is -0.489 e. The number of anilines is 1. The standard InChI is InChI=1S/C24H21N7O2S/c1-30-18-10-5-6-11-19(18)33-15-17(23(30)34)27-22(32)21-28-20(14-16-8-3-2-4-9-16)31(29-21)24-25-12-7-13-26-24/h2-13,17H,14-15H2,1H3,(H,27,32)/t17-/m0/s1. The zero-order valence-corrected chi connectivity index (χ0v) is 19.1. The summed E-state index contributed by atoms with van der Waals surface area (Å²) in [6.45, 7) is 0.200. The van der Waals surface area contributed by atoms with Crippen LogP contribution in [0.5, 0.6) is 5.75 Å². The van der Waals surface area contributed by atoms with E-state index in [9.17, 15) is 4.79 Å². The molecule has 1 N–H and O–H groups in total. The van der Waals surface area contributed by atoms with Gasteiger partial charge in [-0.25, -0.2) is 15.0 Å². The lowest BCUT2D eigenvalue weighted by Crippen LogP contribution is -2.48. The number of carbonyl (C=O) groups is 1. The van der Waals surface area contributed by atoms with E-state index in [0.717, 1.165) is 11.3 Å². The van der Waals surface area contributed by atoms with Gasteiger partial charge in [0.2, 0.25) is 5.82 Å². The molecule has 0 saturated carbocycles. The van der Waals surface area contributed by atoms with Crippen molar-refractivity contribution in [2.45, 2.75) is 12.5 Å². The van der Waals surface area contributed by atoms with E-state index in [1.165, 1.54) is 4.68 Å². The summed E-state index contributed by atoms with van der Waals surface area (Å²) >= 11 is 5.64. The van der Waals surface area contributed by atoms with E-state index in [0.29, 0.717) is 28.9 Å². The molecule has 0 radical (unpaired) electrons. The van der Waals surface area contributed by atoms with Crippen LogP contribution in [0.25, 0.3) is 5.95 Å². The zero-order chi connectivity index (χ0) is 23.5. The third kappa shape index (κ3) is 4.35. The number of rotatable bonds is 5. The lowest BCUT2D eigenvalue weighted by Gasteiger charge is -2.23. The molecule has 9 nitrogen and oxygen atoms in total. The maximum absolute atomic E-state index is 13.2. The average Bonchev–Trinajstić information content (AvgIpc) is 3.26. The second kappa shape index (κ2) is 9.36. The predicted octanol–water partition coefficient (Wildman–Crippen LogP) is 2.60. The van der Waals surface area contributed by atoms with Gasteiger partial charge in [-0.15, -0.1) is 5.10 Å². The van der Waals surface area contributed by atoms with Crippen molar-refractivity contribution in [2.24, 2.45) is 0 Å². The summed E-state index contributed by atoms with van der Waals surface area (Å²) in [5, 5.41) is 7.34. The minimum absolute atomic E-state index is 0.00518. The number of hydrogen-bond donors (Lipinski definition) is 1. The van der Waals surface area contributed by atoms with Crippen LogP contribution in [0.1, 0.15) is 22.0 Å². The van der Waals surface area contributed by atoms with Crippen LogP contribution in [0.2, 0.25) is 0 Å². The van der Waals surface area contributed by atoms with Gasteiger partial charge >= 0.3 is 0 Å². The summed E-state index contributed by atoms with van der Waals surface area (Å²) in [5.41, 5.74) is 1.87. The van der Waals surface area contributed by atoms with E-state index in [1.807, 2.05) is 66.5 Å². The van der Waals surface area contributed by atoms with Crippen molar-refractivity contribution in [3.63, 3.8) is 0 Å². The molecule has 0 saturated heterocycles. The quantitative estimate of drug-likeness (QED) is 0.444. The first kappa shape index (κ1) is 21.7. The van der Waals surface area contributed by atoms with Crippen LogP contribution in [0.4, 0.5) is 5.69 Å². The predicted molar refractivity (Wildman–Crippen MR) is 130 cm³/mol. The number of nitrogens with zero attached hydrogens (tertiary/aromatic N) is 6. The molecule has 1 atom stereocenters. The number of fused-ring (bicyclic) bond motifs is 1. The maximum Gasteiger partial charge on any atom is 0.291 e. The molecule has 0 aliphatic carbocycles. The van der Waals surface area contributed by atoms with E-state index < -0.39 is 11.9 Å². The molecule has 2 aromatic carbocycles. The fourth-order valence-corrected chi connectivity index (χ4v) is 3.90. The highest BCUT2D eigenvalue weighted by Gasteiger charge is 2.29. The summed E-state index contributed by atoms with van der Waals surface area (Å²) in [7, 11) is 1.85. The Hall–Kier alpha value is -4.18. The third-order valence-corrected chi connectivity index (χ3v) is 5.95. The monoisotopic (exact) mass is 471 g/mol. The van der Waals surface area contributed by atoms with E-state index >= 15 is 0 Å². The van der Waals surface area contributed by atoms with Crippen molar-refractivity contribution >= 4 is 28.8 Å². The number of amides is 1. The lowest BCUT2D eigenvalue weighted by molar-refractivity contribution is 0.0927. The number of benzene rings is 2. The second-order valence-electron chi connectivity index (χ2n) is 7.68. The molecule has 4 aromatic rings. The molecular formula is C24H21N7O2S. The molecule has 0 bridgehead atoms. The first-order valence-electron chi connectivity index (χ1n) is 10.7. The molecular weight excluding hydrogens is 450 g/mol. The van der Waals surface area contributed by atoms with Gasteiger partial charge < -0.3 is 15.0 Å². The van der Waals surface area contributed by atoms with Gasteiger partial charge in [-0.2, -0.15) is 4.68 Å². The molecule has 2 aromatic heterocycles. The number of ether oxygens (including phenoxy) is 1. The third-order valence-electron chi connectivity index (χ3n) is 5.39. The zero-order valence-electron chi connectivity index (χ0n) is 18.3. The highest BCUT2D eigenvalue weighted by molar-refractivity contribution is 7.80. The normalized spacial score (nSPS) is 15.3. The van der Waals surface area contributed by atoms with Gasteiger partial charge in [0.25, 0.3) is 11.9 Å². The summed E-state index contributed by atoms with van der Waals surface area (Å²) in [6.07, 6.45) is 3.69. The van der Waals surface area contributed by atoms with Crippen LogP contribution >= 0.6 is 12.2 Å². The van der Waals surface area contributed by atoms with Gasteiger partial charge in [0, 0.05) is 25.9 Å². The molecule has 1 amide bonds. The summed E-state index contributed by atoms with van der Waals surface area (Å²) in [6, 6.07) is 18.6. The minimum atomic E-state index is -0.530. The van der Waals surface area contributed by atoms with Crippen LogP contribution in [0.15, 0.2) is 73.1 Å². The van der Waals surface area contributed by atoms with Crippen molar-refractivity contribution in [1.29, 1.82) is 0 Å². The fourth-order valence-electron chi connectivity index (χ4n) is 3.67. The summed E-state index contributed by atoms with van der Waals surface area (Å²) in [5.74, 6) is 1.14. The van der Waals surface area contributed by atoms with Crippen LogP contribution in [-0.2, 0) is 6.42 Å². The molecule has 1 aliphatic rings. The fraction of sp³-hybridized carbons (Fsp3) is 0.167. The van der Waals surface area contributed by atoms with Crippen LogP contribution < -0.4 is 15.0 Å². The Morgan fingerprint density at radius 2 is 1.82 bits per heavy atom. The van der Waals surface area contributed by atoms with Gasteiger partial charge in [-0.05, 0) is 23.8 Å². The lowest BCUT2D eigenvalue weighted by atomic mass is 10.1. The summed E-state index contributed by atoms with van der Waals surface area (Å²) in [4.78, 5) is 28.6. The van der Waals surface area contributed by atoms with Gasteiger partial charge in [-0.3, -0.25) is 4.79 Å². The van der Waals surface area contributed by atoms with E-state index in [1.54, 1.807) is 18.5 Å². The number of thiocarbonyl (C=S) groups is 1. The van der Waals surface area contributed by atoms with Gasteiger partial charge in [0.05, 0.1) is 5.69 Å². The number of carbonyl (C=O) groups excluding carboxylic acids is 1. The van der Waals surface area contributed by atoms with Crippen molar-refractivity contribution in [3.05, 3.63) is 90.3 Å². The number of aromatic nitrogens is 5. The van der Waals surface area contributed by atoms with Crippen LogP contribution in [0, 0.1) is 0 Å². The molecule has 1 aliphatic heterocycles. The molecule has 0 unspecified atom stereocenters. The highest BCUT2D eigenvalue weighted by atomic mass is 32.1. The van der Waals surface area contributed by atoms with Crippen molar-refractivity contribution in [3.8, 4) is 11.7 Å². The Bertz CT molecular complexity index is 1330. The molecule has 170 valence electrons. The topological polar surface area (TPSA) is 98.1 Å². The van der Waals surface area contributed by atoms with E-state index in [2.05, 4.69) is 25.4 Å². The van der Waals surface area contributed by atoms with Crippen molar-refractivity contribution in [2.75, 3.05) is 18.6 Å². The molecule has 10 heteroatoms. The Kier molecular flexibility index (Phi) is 5.96. The first-order chi connectivity index (χ1) is 16.6. The average molecular weight is 472 g/mol. The Morgan fingerprint density at radius 3 is 2.62 bits per heavy atom. The number of hydrogen-bond acceptors (Lipinski definition) is 7. The molecule has 0 fully saturated rings. The molecule has 3 heterocycles. The number of para-hydroxylation sites is 2. The molecule has 0 spiro atoms. The Labute approximate surface area is 201 Å². The van der Waals surface area contributed by atoms with Crippen molar-refractivity contribution < 1.29 is 9.53 Å². The smallest absolute Gasteiger partial charge is 0.291 e. The van der Waals surface area contributed by atoms with Crippen molar-refractivity contribution in [1.82, 2.24) is 30.0 Å². The molecule has 34 heavy (non-hydrogen) atoms. The highest BCUT2D eigenvalue weighted by Crippen LogP contribution is 2.30. The maximum atomic E-state index is 13.2. The van der Waals surface area contributed by atoms with Crippen LogP contribution in [-0.4, -0.2) is 55.3 Å². The molecule has 5 rings (SSSR count). The largest absolute Gasteiger partial charge is 0.489 e. The van der Waals surface area contributed by atoms with Gasteiger partial charge in [0.1, 0.15) is 29.2 Å². The number of nitrogens with one attached hydrogen (secondary N) is 1. The Morgan fingerprint density at radius 1 is 1.09 bits per heavy atom. The summed E-state index contributed by atoms with van der Waals surface area (Å²) < 4.78 is 7.40.